The molecule has 0 saturated carbocycles. The first-order valence-electron chi connectivity index (χ1n) is 23.5. The van der Waals surface area contributed by atoms with Crippen LogP contribution in [0.4, 0.5) is 15.4 Å². The summed E-state index contributed by atoms with van der Waals surface area (Å²) in [5.74, 6) is 5.80. The zero-order valence-corrected chi connectivity index (χ0v) is 45.9. The number of fused-ring (bicyclic) bond motifs is 3. The predicted octanol–water partition coefficient (Wildman–Crippen LogP) is 7.03. The minimum absolute atomic E-state index is 0.0345. The second kappa shape index (κ2) is 22.2. The molecular formula is C51H57N13O10S3. The Kier molecular flexibility index (Phi) is 16.3. The Morgan fingerprint density at radius 3 is 1.26 bits per heavy atom. The number of carbonyl (C=O) groups excluding carboxylic acids is 2. The number of anilines is 1. The van der Waals surface area contributed by atoms with Crippen LogP contribution in [-0.2, 0) is 52.6 Å². The first-order valence-corrected chi connectivity index (χ1v) is 27.8. The van der Waals surface area contributed by atoms with Crippen molar-refractivity contribution in [1.29, 1.82) is 0 Å². The van der Waals surface area contributed by atoms with Gasteiger partial charge in [0.25, 0.3) is 30.1 Å². The standard InChI is InChI=1S/C19H22N4O4S.C18H21N5O4S.C14H14N4O2S/c1-13-5-7-15(8-6-13)28(25,26)23-10-9-16-17(23)20-11-14(22-16)12-21-18(24)27-19(2,3)4;1-12-5-7-13(8-6-12)28(25,26)22-10-9-14-16(22)20-11-15(21-14)23(19)17(24)27-18(2,3)4;1-10-2-4-12(5-3-10)21(19,20)18-7-6-13-14(18)16-9-11(8-15)17-13/h5-11H,12H2,1-4H3,(H,21,24);5-11H,19H2,1-4H3;2-7,9H,8,15H2,1H3. The summed E-state index contributed by atoms with van der Waals surface area (Å²) in [6.45, 7) is 16.5. The normalized spacial score (nSPS) is 12.1. The van der Waals surface area contributed by atoms with Crippen LogP contribution in [0.1, 0.15) is 69.6 Å². The number of hydrogen-bond donors (Lipinski definition) is 3. The van der Waals surface area contributed by atoms with Crippen molar-refractivity contribution < 1.29 is 44.3 Å². The molecule has 9 rings (SSSR count). The van der Waals surface area contributed by atoms with Gasteiger partial charge in [-0.3, -0.25) is 0 Å². The van der Waals surface area contributed by atoms with Crippen molar-refractivity contribution in [2.45, 2.75) is 101 Å². The summed E-state index contributed by atoms with van der Waals surface area (Å²) < 4.78 is 90.5. The van der Waals surface area contributed by atoms with Crippen molar-refractivity contribution in [3.8, 4) is 0 Å². The summed E-state index contributed by atoms with van der Waals surface area (Å²) >= 11 is 0. The second-order valence-corrected chi connectivity index (χ2v) is 24.7. The number of rotatable bonds is 10. The monoisotopic (exact) mass is 1110 g/mol. The number of ether oxygens (including phenoxy) is 2. The third-order valence-electron chi connectivity index (χ3n) is 10.7. The summed E-state index contributed by atoms with van der Waals surface area (Å²) in [5, 5.41) is 3.33. The highest BCUT2D eigenvalue weighted by atomic mass is 32.2. The first-order chi connectivity index (χ1) is 36.1. The van der Waals surface area contributed by atoms with Crippen LogP contribution in [-0.4, -0.2) is 90.5 Å². The number of hydrogen-bond acceptors (Lipinski definition) is 18. The highest BCUT2D eigenvalue weighted by molar-refractivity contribution is 7.90. The average molecular weight is 1110 g/mol. The third kappa shape index (κ3) is 13.3. The molecule has 0 radical (unpaired) electrons. The number of carbonyl (C=O) groups is 2. The van der Waals surface area contributed by atoms with Crippen LogP contribution in [0, 0.1) is 20.8 Å². The fourth-order valence-corrected chi connectivity index (χ4v) is 10.9. The molecule has 9 aromatic rings. The molecule has 0 aliphatic heterocycles. The van der Waals surface area contributed by atoms with E-state index in [9.17, 15) is 34.8 Å². The fraction of sp³-hybridized carbons (Fsp3) is 0.255. The van der Waals surface area contributed by atoms with E-state index in [-0.39, 0.29) is 50.4 Å². The molecule has 0 aliphatic carbocycles. The van der Waals surface area contributed by atoms with Gasteiger partial charge >= 0.3 is 12.2 Å². The van der Waals surface area contributed by atoms with E-state index in [0.29, 0.717) is 28.1 Å². The molecule has 26 heteroatoms. The highest BCUT2D eigenvalue weighted by Gasteiger charge is 2.26. The molecule has 3 aromatic carbocycles. The smallest absolute Gasteiger partial charge is 0.430 e. The van der Waals surface area contributed by atoms with Gasteiger partial charge in [0.1, 0.15) is 27.8 Å². The van der Waals surface area contributed by atoms with Crippen molar-refractivity contribution in [3.05, 3.63) is 156 Å². The van der Waals surface area contributed by atoms with E-state index in [1.54, 1.807) is 114 Å². The number of aromatic nitrogens is 9. The number of alkyl carbamates (subject to hydrolysis) is 1. The molecule has 0 atom stereocenters. The van der Waals surface area contributed by atoms with Crippen molar-refractivity contribution in [1.82, 2.24) is 47.1 Å². The number of nitrogens with zero attached hydrogens (tertiary/aromatic N) is 10. The first kappa shape index (κ1) is 56.6. The van der Waals surface area contributed by atoms with Crippen molar-refractivity contribution >= 4 is 81.6 Å². The predicted molar refractivity (Wildman–Crippen MR) is 288 cm³/mol. The molecule has 6 heterocycles. The molecule has 404 valence electrons. The average Bonchev–Trinajstić information content (AvgIpc) is 4.16. The quantitative estimate of drug-likeness (QED) is 0.0703. The Labute approximate surface area is 445 Å². The molecule has 0 bridgehead atoms. The summed E-state index contributed by atoms with van der Waals surface area (Å²) in [6.07, 6.45) is 7.02. The van der Waals surface area contributed by atoms with E-state index < -0.39 is 53.5 Å². The molecule has 23 nitrogen and oxygen atoms in total. The Morgan fingerprint density at radius 2 is 0.883 bits per heavy atom. The number of hydrazine groups is 1. The van der Waals surface area contributed by atoms with Crippen LogP contribution in [0.3, 0.4) is 0 Å². The Balaban J connectivity index is 0.000000170. The molecule has 0 spiro atoms. The van der Waals surface area contributed by atoms with Crippen molar-refractivity contribution in [3.63, 3.8) is 0 Å². The van der Waals surface area contributed by atoms with Gasteiger partial charge in [0, 0.05) is 25.1 Å². The lowest BCUT2D eigenvalue weighted by Crippen LogP contribution is -2.42. The largest absolute Gasteiger partial charge is 0.444 e. The Hall–Kier alpha value is -8.17. The van der Waals surface area contributed by atoms with E-state index in [4.69, 9.17) is 21.1 Å². The van der Waals surface area contributed by atoms with E-state index in [1.165, 1.54) is 55.4 Å². The van der Waals surface area contributed by atoms with Gasteiger partial charge in [-0.15, -0.1) is 0 Å². The minimum Gasteiger partial charge on any atom is -0.444 e. The van der Waals surface area contributed by atoms with Crippen molar-refractivity contribution in [2.24, 2.45) is 11.6 Å². The molecule has 0 aliphatic rings. The third-order valence-corrected chi connectivity index (χ3v) is 15.8. The van der Waals surface area contributed by atoms with Gasteiger partial charge < -0.3 is 20.5 Å². The van der Waals surface area contributed by atoms with E-state index in [2.05, 4.69) is 35.2 Å². The highest BCUT2D eigenvalue weighted by Crippen LogP contribution is 2.25. The summed E-state index contributed by atoms with van der Waals surface area (Å²) in [4.78, 5) is 49.7. The van der Waals surface area contributed by atoms with E-state index >= 15 is 0 Å². The summed E-state index contributed by atoms with van der Waals surface area (Å²) in [5.41, 5.74) is 10.1. The van der Waals surface area contributed by atoms with Crippen LogP contribution in [0.15, 0.2) is 143 Å². The van der Waals surface area contributed by atoms with Crippen LogP contribution < -0.4 is 21.9 Å². The van der Waals surface area contributed by atoms with Crippen LogP contribution >= 0.6 is 0 Å². The van der Waals surface area contributed by atoms with Crippen LogP contribution in [0.25, 0.3) is 33.5 Å². The molecule has 0 fully saturated rings. The molecule has 0 unspecified atom stereocenters. The lowest BCUT2D eigenvalue weighted by molar-refractivity contribution is 0.0520. The van der Waals surface area contributed by atoms with Gasteiger partial charge in [-0.05, 0) is 117 Å². The number of aryl methyl sites for hydroxylation is 3. The van der Waals surface area contributed by atoms with Gasteiger partial charge in [-0.25, -0.2) is 82.5 Å². The maximum absolute atomic E-state index is 12.9. The zero-order valence-electron chi connectivity index (χ0n) is 43.5. The number of amides is 2. The molecule has 2 amide bonds. The topological polar surface area (TPSA) is 314 Å². The number of nitrogens with two attached hydrogens (primary N) is 2. The summed E-state index contributed by atoms with van der Waals surface area (Å²) in [6, 6.07) is 24.5. The lowest BCUT2D eigenvalue weighted by atomic mass is 10.2. The maximum atomic E-state index is 12.9. The van der Waals surface area contributed by atoms with Crippen LogP contribution in [0.2, 0.25) is 0 Å². The Morgan fingerprint density at radius 1 is 0.532 bits per heavy atom. The van der Waals surface area contributed by atoms with Gasteiger partial charge in [0.15, 0.2) is 22.8 Å². The Bertz CT molecular complexity index is 3960. The van der Waals surface area contributed by atoms with Gasteiger partial charge in [-0.1, -0.05) is 53.1 Å². The zero-order chi connectivity index (χ0) is 56.3. The molecule has 5 N–H and O–H groups in total. The van der Waals surface area contributed by atoms with Gasteiger partial charge in [-0.2, -0.15) is 5.01 Å². The molecule has 77 heavy (non-hydrogen) atoms. The van der Waals surface area contributed by atoms with Crippen molar-refractivity contribution in [2.75, 3.05) is 5.01 Å². The van der Waals surface area contributed by atoms with E-state index in [0.717, 1.165) is 33.6 Å². The SMILES string of the molecule is Cc1ccc(S(=O)(=O)n2ccc3nc(CN)cnc32)cc1.Cc1ccc(S(=O)(=O)n2ccc3nc(CNC(=O)OC(C)(C)C)cnc32)cc1.Cc1ccc(S(=O)(=O)n2ccc3nc(N(N)C(=O)OC(C)(C)C)cnc32)cc1. The second-order valence-electron chi connectivity index (χ2n) is 19.3. The van der Waals surface area contributed by atoms with Gasteiger partial charge in [0.2, 0.25) is 0 Å². The van der Waals surface area contributed by atoms with E-state index in [1.807, 2.05) is 20.8 Å². The molecule has 6 aromatic heterocycles. The van der Waals surface area contributed by atoms with Gasteiger partial charge in [0.05, 0.1) is 51.2 Å². The number of benzene rings is 3. The maximum Gasteiger partial charge on any atom is 0.430 e. The minimum atomic E-state index is -3.83. The molecular weight excluding hydrogens is 1050 g/mol. The lowest BCUT2D eigenvalue weighted by Gasteiger charge is -2.23. The number of nitrogens with one attached hydrogen (secondary N) is 1. The molecule has 0 saturated heterocycles. The fourth-order valence-electron chi connectivity index (χ4n) is 6.96. The summed E-state index contributed by atoms with van der Waals surface area (Å²) in [7, 11) is -11.3. The van der Waals surface area contributed by atoms with Crippen LogP contribution in [0.5, 0.6) is 0 Å².